The summed E-state index contributed by atoms with van der Waals surface area (Å²) >= 11 is 3.35. The van der Waals surface area contributed by atoms with Crippen LogP contribution < -0.4 is 5.32 Å². The number of rotatable bonds is 4. The Labute approximate surface area is 120 Å². The number of nitrogens with one attached hydrogen (secondary N) is 1. The molecule has 5 heteroatoms. The SMILES string of the molecule is CCC(C)n1nccc1NC(=O)c1ccc(Br)cc1. The van der Waals surface area contributed by atoms with Crippen LogP contribution in [0.15, 0.2) is 41.0 Å². The van der Waals surface area contributed by atoms with Gasteiger partial charge >= 0.3 is 0 Å². The summed E-state index contributed by atoms with van der Waals surface area (Å²) in [6.07, 6.45) is 2.66. The first kappa shape index (κ1) is 13.8. The Kier molecular flexibility index (Phi) is 4.37. The minimum Gasteiger partial charge on any atom is -0.307 e. The van der Waals surface area contributed by atoms with Gasteiger partial charge in [-0.2, -0.15) is 5.10 Å². The molecule has 4 nitrogen and oxygen atoms in total. The summed E-state index contributed by atoms with van der Waals surface area (Å²) in [6, 6.07) is 9.33. The Morgan fingerprint density at radius 2 is 2.05 bits per heavy atom. The van der Waals surface area contributed by atoms with E-state index in [1.807, 2.05) is 22.9 Å². The van der Waals surface area contributed by atoms with Gasteiger partial charge in [0.05, 0.1) is 12.2 Å². The van der Waals surface area contributed by atoms with Crippen LogP contribution >= 0.6 is 15.9 Å². The number of hydrogen-bond donors (Lipinski definition) is 1. The van der Waals surface area contributed by atoms with Gasteiger partial charge in [-0.3, -0.25) is 4.79 Å². The third kappa shape index (κ3) is 3.23. The van der Waals surface area contributed by atoms with Crippen molar-refractivity contribution in [3.63, 3.8) is 0 Å². The lowest BCUT2D eigenvalue weighted by Gasteiger charge is -2.14. The largest absolute Gasteiger partial charge is 0.307 e. The molecule has 0 fully saturated rings. The average Bonchev–Trinajstić information content (AvgIpc) is 2.86. The van der Waals surface area contributed by atoms with Crippen molar-refractivity contribution in [2.45, 2.75) is 26.3 Å². The number of amides is 1. The summed E-state index contributed by atoms with van der Waals surface area (Å²) in [5.41, 5.74) is 0.625. The third-order valence-corrected chi connectivity index (χ3v) is 3.56. The number of carbonyl (C=O) groups excluding carboxylic acids is 1. The fourth-order valence-corrected chi connectivity index (χ4v) is 1.99. The Balaban J connectivity index is 2.15. The van der Waals surface area contributed by atoms with Gasteiger partial charge in [-0.05, 0) is 37.6 Å². The van der Waals surface area contributed by atoms with Gasteiger partial charge in [-0.15, -0.1) is 0 Å². The highest BCUT2D eigenvalue weighted by molar-refractivity contribution is 9.10. The lowest BCUT2D eigenvalue weighted by Crippen LogP contribution is -2.17. The minimum absolute atomic E-state index is 0.127. The first-order valence-electron chi connectivity index (χ1n) is 6.22. The van der Waals surface area contributed by atoms with E-state index in [4.69, 9.17) is 0 Å². The molecule has 1 N–H and O–H groups in total. The standard InChI is InChI=1S/C14H16BrN3O/c1-3-10(2)18-13(8-9-16-18)17-14(19)11-4-6-12(15)7-5-11/h4-10H,3H2,1-2H3,(H,17,19). The van der Waals surface area contributed by atoms with Gasteiger partial charge in [-0.25, -0.2) is 4.68 Å². The van der Waals surface area contributed by atoms with Crippen LogP contribution in [0.2, 0.25) is 0 Å². The van der Waals surface area contributed by atoms with E-state index in [0.717, 1.165) is 16.7 Å². The molecule has 2 rings (SSSR count). The highest BCUT2D eigenvalue weighted by Crippen LogP contribution is 2.18. The fraction of sp³-hybridized carbons (Fsp3) is 0.286. The highest BCUT2D eigenvalue weighted by Gasteiger charge is 2.12. The topological polar surface area (TPSA) is 46.9 Å². The number of carbonyl (C=O) groups is 1. The van der Waals surface area contributed by atoms with Gasteiger partial charge in [0, 0.05) is 16.1 Å². The van der Waals surface area contributed by atoms with Crippen molar-refractivity contribution >= 4 is 27.7 Å². The van der Waals surface area contributed by atoms with Crippen LogP contribution in [-0.2, 0) is 0 Å². The van der Waals surface area contributed by atoms with Crippen LogP contribution in [-0.4, -0.2) is 15.7 Å². The summed E-state index contributed by atoms with van der Waals surface area (Å²) in [7, 11) is 0. The maximum atomic E-state index is 12.1. The molecule has 1 aromatic heterocycles. The molecule has 0 aliphatic rings. The zero-order valence-corrected chi connectivity index (χ0v) is 12.5. The van der Waals surface area contributed by atoms with Crippen molar-refractivity contribution < 1.29 is 4.79 Å². The predicted octanol–water partition coefficient (Wildman–Crippen LogP) is 3.87. The molecule has 19 heavy (non-hydrogen) atoms. The van der Waals surface area contributed by atoms with Gasteiger partial charge in [0.1, 0.15) is 5.82 Å². The van der Waals surface area contributed by atoms with E-state index in [2.05, 4.69) is 40.2 Å². The first-order valence-corrected chi connectivity index (χ1v) is 7.01. The smallest absolute Gasteiger partial charge is 0.256 e. The van der Waals surface area contributed by atoms with Crippen molar-refractivity contribution in [2.24, 2.45) is 0 Å². The molecule has 1 aromatic carbocycles. The molecular formula is C14H16BrN3O. The maximum absolute atomic E-state index is 12.1. The predicted molar refractivity (Wildman–Crippen MR) is 79.3 cm³/mol. The van der Waals surface area contributed by atoms with Gasteiger partial charge in [-0.1, -0.05) is 22.9 Å². The average molecular weight is 322 g/mol. The molecule has 0 aliphatic heterocycles. The number of anilines is 1. The molecule has 1 unspecified atom stereocenters. The minimum atomic E-state index is -0.127. The maximum Gasteiger partial charge on any atom is 0.256 e. The van der Waals surface area contributed by atoms with Crippen molar-refractivity contribution in [3.8, 4) is 0 Å². The monoisotopic (exact) mass is 321 g/mol. The molecule has 0 saturated carbocycles. The van der Waals surface area contributed by atoms with E-state index in [1.54, 1.807) is 18.3 Å². The molecule has 1 amide bonds. The van der Waals surface area contributed by atoms with Crippen LogP contribution in [0.5, 0.6) is 0 Å². The van der Waals surface area contributed by atoms with Crippen LogP contribution in [0.3, 0.4) is 0 Å². The lowest BCUT2D eigenvalue weighted by molar-refractivity contribution is 0.102. The Morgan fingerprint density at radius 1 is 1.37 bits per heavy atom. The number of nitrogens with zero attached hydrogens (tertiary/aromatic N) is 2. The van der Waals surface area contributed by atoms with E-state index >= 15 is 0 Å². The fourth-order valence-electron chi connectivity index (χ4n) is 1.73. The molecule has 100 valence electrons. The number of aromatic nitrogens is 2. The summed E-state index contributed by atoms with van der Waals surface area (Å²) in [6.45, 7) is 4.16. The van der Waals surface area contributed by atoms with Gasteiger partial charge < -0.3 is 5.32 Å². The third-order valence-electron chi connectivity index (χ3n) is 3.03. The molecule has 0 aliphatic carbocycles. The van der Waals surface area contributed by atoms with Crippen molar-refractivity contribution in [3.05, 3.63) is 46.6 Å². The second-order valence-electron chi connectivity index (χ2n) is 4.38. The molecule has 0 radical (unpaired) electrons. The molecule has 0 spiro atoms. The summed E-state index contributed by atoms with van der Waals surface area (Å²) in [5, 5.41) is 7.13. The molecule has 0 saturated heterocycles. The van der Waals surface area contributed by atoms with Crippen LogP contribution in [0, 0.1) is 0 Å². The molecule has 1 heterocycles. The lowest BCUT2D eigenvalue weighted by atomic mass is 10.2. The zero-order chi connectivity index (χ0) is 13.8. The van der Waals surface area contributed by atoms with Crippen molar-refractivity contribution in [2.75, 3.05) is 5.32 Å². The highest BCUT2D eigenvalue weighted by atomic mass is 79.9. The zero-order valence-electron chi connectivity index (χ0n) is 10.9. The van der Waals surface area contributed by atoms with Gasteiger partial charge in [0.2, 0.25) is 0 Å². The summed E-state index contributed by atoms with van der Waals surface area (Å²) in [5.74, 6) is 0.597. The van der Waals surface area contributed by atoms with E-state index < -0.39 is 0 Å². The Bertz CT molecular complexity index is 562. The number of halogens is 1. The van der Waals surface area contributed by atoms with E-state index in [0.29, 0.717) is 5.56 Å². The molecule has 2 aromatic rings. The number of hydrogen-bond acceptors (Lipinski definition) is 2. The van der Waals surface area contributed by atoms with Gasteiger partial charge in [0.25, 0.3) is 5.91 Å². The van der Waals surface area contributed by atoms with Crippen LogP contribution in [0.4, 0.5) is 5.82 Å². The normalized spacial score (nSPS) is 12.2. The Morgan fingerprint density at radius 3 is 2.68 bits per heavy atom. The second kappa shape index (κ2) is 6.02. The quantitative estimate of drug-likeness (QED) is 0.929. The molecule has 0 bridgehead atoms. The number of benzene rings is 1. The van der Waals surface area contributed by atoms with E-state index in [9.17, 15) is 4.79 Å². The second-order valence-corrected chi connectivity index (χ2v) is 5.29. The van der Waals surface area contributed by atoms with E-state index in [1.165, 1.54) is 0 Å². The molecule has 1 atom stereocenters. The molecular weight excluding hydrogens is 306 g/mol. The summed E-state index contributed by atoms with van der Waals surface area (Å²) < 4.78 is 2.78. The summed E-state index contributed by atoms with van der Waals surface area (Å²) in [4.78, 5) is 12.1. The van der Waals surface area contributed by atoms with Crippen molar-refractivity contribution in [1.29, 1.82) is 0 Å². The van der Waals surface area contributed by atoms with Crippen molar-refractivity contribution in [1.82, 2.24) is 9.78 Å². The van der Waals surface area contributed by atoms with E-state index in [-0.39, 0.29) is 11.9 Å². The first-order chi connectivity index (χ1) is 9.11. The van der Waals surface area contributed by atoms with Crippen LogP contribution in [0.1, 0.15) is 36.7 Å². The Hall–Kier alpha value is -1.62. The van der Waals surface area contributed by atoms with Crippen LogP contribution in [0.25, 0.3) is 0 Å². The van der Waals surface area contributed by atoms with Gasteiger partial charge in [0.15, 0.2) is 0 Å².